The van der Waals surface area contributed by atoms with Crippen LogP contribution in [0, 0.1) is 0 Å². The summed E-state index contributed by atoms with van der Waals surface area (Å²) in [5, 5.41) is 1.85. The van der Waals surface area contributed by atoms with E-state index < -0.39 is 0 Å². The number of aromatic amines is 1. The Morgan fingerprint density at radius 2 is 2.00 bits per heavy atom. The van der Waals surface area contributed by atoms with E-state index in [4.69, 9.17) is 0 Å². The van der Waals surface area contributed by atoms with Gasteiger partial charge in [0.1, 0.15) is 10.5 Å². The minimum atomic E-state index is -0.124. The van der Waals surface area contributed by atoms with Gasteiger partial charge in [-0.1, -0.05) is 18.2 Å². The first-order valence-electron chi connectivity index (χ1n) is 7.05. The van der Waals surface area contributed by atoms with Crippen LogP contribution in [0.2, 0.25) is 0 Å². The van der Waals surface area contributed by atoms with Gasteiger partial charge in [-0.15, -0.1) is 11.3 Å². The number of nitrogens with one attached hydrogen (secondary N) is 1. The van der Waals surface area contributed by atoms with Gasteiger partial charge in [0.05, 0.1) is 5.52 Å². The molecule has 0 bridgehead atoms. The summed E-state index contributed by atoms with van der Waals surface area (Å²) in [6, 6.07) is 11.4. The fourth-order valence-corrected chi connectivity index (χ4v) is 3.56. The van der Waals surface area contributed by atoms with Crippen molar-refractivity contribution in [2.45, 2.75) is 12.3 Å². The van der Waals surface area contributed by atoms with Crippen molar-refractivity contribution in [2.24, 2.45) is 0 Å². The van der Waals surface area contributed by atoms with Crippen LogP contribution in [0.15, 0.2) is 46.6 Å². The Hall–Kier alpha value is -2.47. The molecule has 3 heterocycles. The minimum Gasteiger partial charge on any atom is -0.312 e. The Labute approximate surface area is 130 Å². The molecule has 1 unspecified atom stereocenters. The molecule has 1 saturated heterocycles. The molecule has 2 aromatic heterocycles. The molecular weight excluding hydrogens is 298 g/mol. The van der Waals surface area contributed by atoms with E-state index in [0.29, 0.717) is 29.0 Å². The normalized spacial score (nSPS) is 18.3. The quantitative estimate of drug-likeness (QED) is 0.791. The van der Waals surface area contributed by atoms with Crippen molar-refractivity contribution in [3.05, 3.63) is 58.0 Å². The molecular formula is C16H13N3O2S. The molecule has 1 fully saturated rings. The predicted octanol–water partition coefficient (Wildman–Crippen LogP) is 2.51. The summed E-state index contributed by atoms with van der Waals surface area (Å²) in [5.74, 6) is 0.580. The summed E-state index contributed by atoms with van der Waals surface area (Å²) in [6.07, 6.45) is 0.369. The van der Waals surface area contributed by atoms with Crippen LogP contribution in [0.1, 0.15) is 18.2 Å². The van der Waals surface area contributed by atoms with Crippen molar-refractivity contribution in [3.8, 4) is 0 Å². The summed E-state index contributed by atoms with van der Waals surface area (Å²) in [7, 11) is 0. The highest BCUT2D eigenvalue weighted by atomic mass is 32.1. The number of benzene rings is 1. The lowest BCUT2D eigenvalue weighted by Crippen LogP contribution is -2.24. The van der Waals surface area contributed by atoms with Crippen LogP contribution in [0.25, 0.3) is 10.2 Å². The topological polar surface area (TPSA) is 66.1 Å². The summed E-state index contributed by atoms with van der Waals surface area (Å²) >= 11 is 1.38. The molecule has 6 heteroatoms. The third-order valence-corrected chi connectivity index (χ3v) is 4.82. The van der Waals surface area contributed by atoms with E-state index in [1.807, 2.05) is 41.8 Å². The monoisotopic (exact) mass is 311 g/mol. The number of rotatable bonds is 2. The molecule has 0 spiro atoms. The average molecular weight is 311 g/mol. The minimum absolute atomic E-state index is 0.0595. The average Bonchev–Trinajstić information content (AvgIpc) is 3.15. The first kappa shape index (κ1) is 13.2. The van der Waals surface area contributed by atoms with Crippen molar-refractivity contribution in [1.82, 2.24) is 9.97 Å². The van der Waals surface area contributed by atoms with Crippen LogP contribution >= 0.6 is 11.3 Å². The lowest BCUT2D eigenvalue weighted by molar-refractivity contribution is -0.117. The second kappa shape index (κ2) is 5.06. The van der Waals surface area contributed by atoms with Gasteiger partial charge in [0, 0.05) is 24.6 Å². The number of anilines is 1. The second-order valence-electron chi connectivity index (χ2n) is 5.33. The molecule has 3 aromatic rings. The van der Waals surface area contributed by atoms with E-state index in [9.17, 15) is 9.59 Å². The zero-order valence-electron chi connectivity index (χ0n) is 11.7. The molecule has 1 atom stereocenters. The van der Waals surface area contributed by atoms with Gasteiger partial charge >= 0.3 is 0 Å². The number of aromatic nitrogens is 2. The van der Waals surface area contributed by atoms with Crippen molar-refractivity contribution >= 4 is 33.1 Å². The Morgan fingerprint density at radius 3 is 2.82 bits per heavy atom. The van der Waals surface area contributed by atoms with Gasteiger partial charge in [0.2, 0.25) is 5.91 Å². The Kier molecular flexibility index (Phi) is 3.04. The molecule has 22 heavy (non-hydrogen) atoms. The Morgan fingerprint density at radius 1 is 1.18 bits per heavy atom. The van der Waals surface area contributed by atoms with E-state index in [1.54, 1.807) is 4.90 Å². The molecule has 1 aromatic carbocycles. The van der Waals surface area contributed by atoms with Crippen LogP contribution in [0.5, 0.6) is 0 Å². The fraction of sp³-hybridized carbons (Fsp3) is 0.188. The molecule has 0 aliphatic carbocycles. The van der Waals surface area contributed by atoms with E-state index in [0.717, 1.165) is 5.69 Å². The van der Waals surface area contributed by atoms with E-state index >= 15 is 0 Å². The molecule has 0 saturated carbocycles. The lowest BCUT2D eigenvalue weighted by Gasteiger charge is -2.16. The van der Waals surface area contributed by atoms with Gasteiger partial charge in [-0.3, -0.25) is 9.59 Å². The van der Waals surface area contributed by atoms with E-state index in [2.05, 4.69) is 9.97 Å². The Balaban J connectivity index is 1.69. The summed E-state index contributed by atoms with van der Waals surface area (Å²) in [4.78, 5) is 33.4. The number of carbonyl (C=O) groups is 1. The number of H-pyrrole nitrogens is 1. The van der Waals surface area contributed by atoms with E-state index in [1.165, 1.54) is 11.3 Å². The molecule has 0 radical (unpaired) electrons. The number of hydrogen-bond acceptors (Lipinski definition) is 4. The SMILES string of the molecule is O=C1CC(c2nc3ccsc3c(=O)[nH]2)CN1c1ccccc1. The number of amides is 1. The van der Waals surface area contributed by atoms with Crippen molar-refractivity contribution in [3.63, 3.8) is 0 Å². The van der Waals surface area contributed by atoms with Crippen LogP contribution in [-0.4, -0.2) is 22.4 Å². The number of thiophene rings is 1. The van der Waals surface area contributed by atoms with Crippen LogP contribution in [-0.2, 0) is 4.79 Å². The molecule has 4 rings (SSSR count). The predicted molar refractivity (Wildman–Crippen MR) is 86.4 cm³/mol. The van der Waals surface area contributed by atoms with Crippen molar-refractivity contribution < 1.29 is 4.79 Å². The highest BCUT2D eigenvalue weighted by Gasteiger charge is 2.33. The molecule has 1 amide bonds. The second-order valence-corrected chi connectivity index (χ2v) is 6.24. The van der Waals surface area contributed by atoms with Gasteiger partial charge in [0.15, 0.2) is 0 Å². The van der Waals surface area contributed by atoms with Crippen LogP contribution in [0.3, 0.4) is 0 Å². The maximum absolute atomic E-state index is 12.3. The van der Waals surface area contributed by atoms with Gasteiger partial charge in [0.25, 0.3) is 5.56 Å². The summed E-state index contributed by atoms with van der Waals surface area (Å²) in [6.45, 7) is 0.543. The number of hydrogen-bond donors (Lipinski definition) is 1. The van der Waals surface area contributed by atoms with Gasteiger partial charge in [-0.25, -0.2) is 4.98 Å². The Bertz CT molecular complexity index is 900. The summed E-state index contributed by atoms with van der Waals surface area (Å²) < 4.78 is 0.632. The van der Waals surface area contributed by atoms with Crippen molar-refractivity contribution in [2.75, 3.05) is 11.4 Å². The first-order chi connectivity index (χ1) is 10.7. The fourth-order valence-electron chi connectivity index (χ4n) is 2.83. The number of nitrogens with zero attached hydrogens (tertiary/aromatic N) is 2. The maximum Gasteiger partial charge on any atom is 0.268 e. The molecule has 5 nitrogen and oxygen atoms in total. The molecule has 110 valence electrons. The standard InChI is InChI=1S/C16H13N3O2S/c20-13-8-10(9-19(13)11-4-2-1-3-5-11)15-17-12-6-7-22-14(12)16(21)18-15/h1-7,10H,8-9H2,(H,17,18,21). The van der Waals surface area contributed by atoms with Gasteiger partial charge in [-0.2, -0.15) is 0 Å². The number of fused-ring (bicyclic) bond motifs is 1. The lowest BCUT2D eigenvalue weighted by atomic mass is 10.1. The highest BCUT2D eigenvalue weighted by Crippen LogP contribution is 2.30. The zero-order valence-corrected chi connectivity index (χ0v) is 12.5. The van der Waals surface area contributed by atoms with Crippen molar-refractivity contribution in [1.29, 1.82) is 0 Å². The molecule has 1 aliphatic rings. The zero-order chi connectivity index (χ0) is 15.1. The first-order valence-corrected chi connectivity index (χ1v) is 7.93. The smallest absolute Gasteiger partial charge is 0.268 e. The third kappa shape index (κ3) is 2.12. The number of para-hydroxylation sites is 1. The maximum atomic E-state index is 12.3. The third-order valence-electron chi connectivity index (χ3n) is 3.91. The highest BCUT2D eigenvalue weighted by molar-refractivity contribution is 7.17. The molecule has 1 N–H and O–H groups in total. The largest absolute Gasteiger partial charge is 0.312 e. The van der Waals surface area contributed by atoms with Crippen LogP contribution < -0.4 is 10.5 Å². The summed E-state index contributed by atoms with van der Waals surface area (Å²) in [5.41, 5.74) is 1.46. The van der Waals surface area contributed by atoms with Gasteiger partial charge in [-0.05, 0) is 23.6 Å². The molecule has 1 aliphatic heterocycles. The van der Waals surface area contributed by atoms with E-state index in [-0.39, 0.29) is 17.4 Å². The van der Waals surface area contributed by atoms with Gasteiger partial charge < -0.3 is 9.88 Å². The number of carbonyl (C=O) groups excluding carboxylic acids is 1. The van der Waals surface area contributed by atoms with Crippen LogP contribution in [0.4, 0.5) is 5.69 Å².